The molecular formula is C28H27N3O6S. The lowest BCUT2D eigenvalue weighted by Crippen LogP contribution is -2.44. The van der Waals surface area contributed by atoms with E-state index in [-0.39, 0.29) is 10.8 Å². The van der Waals surface area contributed by atoms with Gasteiger partial charge in [0.15, 0.2) is 0 Å². The molecule has 4 aromatic rings. The highest BCUT2D eigenvalue weighted by atomic mass is 32.2. The molecule has 0 aliphatic rings. The fourth-order valence-electron chi connectivity index (χ4n) is 3.91. The van der Waals surface area contributed by atoms with Gasteiger partial charge in [0.1, 0.15) is 23.1 Å². The van der Waals surface area contributed by atoms with Gasteiger partial charge in [-0.2, -0.15) is 4.72 Å². The molecule has 10 heteroatoms. The number of carboxylic acid groups (broad SMARTS) is 1. The van der Waals surface area contributed by atoms with Gasteiger partial charge in [0, 0.05) is 11.3 Å². The Bertz CT molecular complexity index is 1540. The van der Waals surface area contributed by atoms with E-state index in [0.29, 0.717) is 22.7 Å². The number of carbonyl (C=O) groups is 2. The summed E-state index contributed by atoms with van der Waals surface area (Å²) in [6, 6.07) is 21.3. The fraction of sp³-hybridized carbons (Fsp3) is 0.179. The SMILES string of the molecule is Cc1onc(-c2ccccc2)c1C(=O)Nc1ccc(-c2ccc(S(=O)(=O)N[C@H](C(=O)O)C(C)C)cc2)cc1. The molecule has 0 radical (unpaired) electrons. The molecule has 4 rings (SSSR count). The number of benzene rings is 3. The van der Waals surface area contributed by atoms with Gasteiger partial charge in [-0.1, -0.05) is 73.6 Å². The highest BCUT2D eigenvalue weighted by Gasteiger charge is 2.28. The average Bonchev–Trinajstić information content (AvgIpc) is 3.29. The fourth-order valence-corrected chi connectivity index (χ4v) is 5.24. The van der Waals surface area contributed by atoms with Crippen molar-refractivity contribution in [2.24, 2.45) is 5.92 Å². The number of aliphatic carboxylic acids is 1. The van der Waals surface area contributed by atoms with Crippen molar-refractivity contribution in [3.05, 3.63) is 90.2 Å². The minimum atomic E-state index is -4.01. The molecule has 38 heavy (non-hydrogen) atoms. The van der Waals surface area contributed by atoms with E-state index >= 15 is 0 Å². The molecule has 1 atom stereocenters. The zero-order valence-electron chi connectivity index (χ0n) is 21.0. The number of sulfonamides is 1. The lowest BCUT2D eigenvalue weighted by molar-refractivity contribution is -0.140. The second-order valence-electron chi connectivity index (χ2n) is 9.07. The lowest BCUT2D eigenvalue weighted by atomic mass is 10.0. The number of hydrogen-bond acceptors (Lipinski definition) is 6. The number of rotatable bonds is 9. The molecule has 196 valence electrons. The molecule has 0 unspecified atom stereocenters. The molecule has 0 aliphatic carbocycles. The van der Waals surface area contributed by atoms with Crippen LogP contribution in [0.5, 0.6) is 0 Å². The Morgan fingerprint density at radius 2 is 1.45 bits per heavy atom. The highest BCUT2D eigenvalue weighted by molar-refractivity contribution is 7.89. The zero-order chi connectivity index (χ0) is 27.4. The van der Waals surface area contributed by atoms with Crippen LogP contribution in [-0.2, 0) is 14.8 Å². The first-order valence-corrected chi connectivity index (χ1v) is 13.3. The molecule has 3 N–H and O–H groups in total. The first-order chi connectivity index (χ1) is 18.1. The maximum Gasteiger partial charge on any atom is 0.322 e. The summed E-state index contributed by atoms with van der Waals surface area (Å²) in [7, 11) is -4.01. The summed E-state index contributed by atoms with van der Waals surface area (Å²) in [6.07, 6.45) is 0. The Hall–Kier alpha value is -4.28. The first-order valence-electron chi connectivity index (χ1n) is 11.9. The predicted molar refractivity (Wildman–Crippen MR) is 143 cm³/mol. The number of hydrogen-bond donors (Lipinski definition) is 3. The van der Waals surface area contributed by atoms with Crippen molar-refractivity contribution >= 4 is 27.6 Å². The minimum absolute atomic E-state index is 0.0321. The maximum absolute atomic E-state index is 13.0. The topological polar surface area (TPSA) is 139 Å². The molecule has 1 aromatic heterocycles. The molecule has 1 amide bonds. The number of carboxylic acids is 1. The Kier molecular flexibility index (Phi) is 7.75. The van der Waals surface area contributed by atoms with Crippen molar-refractivity contribution in [3.63, 3.8) is 0 Å². The molecule has 0 saturated carbocycles. The van der Waals surface area contributed by atoms with Crippen LogP contribution in [-0.4, -0.2) is 36.6 Å². The van der Waals surface area contributed by atoms with Crippen LogP contribution in [0.4, 0.5) is 5.69 Å². The number of aryl methyl sites for hydroxylation is 1. The second kappa shape index (κ2) is 11.0. The van der Waals surface area contributed by atoms with Gasteiger partial charge in [0.25, 0.3) is 5.91 Å². The van der Waals surface area contributed by atoms with Gasteiger partial charge in [0.2, 0.25) is 10.0 Å². The normalized spacial score (nSPS) is 12.3. The highest BCUT2D eigenvalue weighted by Crippen LogP contribution is 2.27. The summed E-state index contributed by atoms with van der Waals surface area (Å²) in [6.45, 7) is 4.94. The van der Waals surface area contributed by atoms with Gasteiger partial charge in [-0.05, 0) is 48.2 Å². The number of amides is 1. The summed E-state index contributed by atoms with van der Waals surface area (Å²) >= 11 is 0. The largest absolute Gasteiger partial charge is 0.480 e. The number of anilines is 1. The number of nitrogens with one attached hydrogen (secondary N) is 2. The lowest BCUT2D eigenvalue weighted by Gasteiger charge is -2.18. The monoisotopic (exact) mass is 533 g/mol. The van der Waals surface area contributed by atoms with Gasteiger partial charge < -0.3 is 14.9 Å². The van der Waals surface area contributed by atoms with E-state index in [2.05, 4.69) is 15.2 Å². The van der Waals surface area contributed by atoms with Crippen molar-refractivity contribution in [3.8, 4) is 22.4 Å². The summed E-state index contributed by atoms with van der Waals surface area (Å²) in [5.41, 5.74) is 3.71. The van der Waals surface area contributed by atoms with Crippen LogP contribution >= 0.6 is 0 Å². The van der Waals surface area contributed by atoms with Gasteiger partial charge in [-0.3, -0.25) is 9.59 Å². The third-order valence-electron chi connectivity index (χ3n) is 5.99. The van der Waals surface area contributed by atoms with E-state index in [1.54, 1.807) is 57.2 Å². The van der Waals surface area contributed by atoms with Crippen molar-refractivity contribution in [1.82, 2.24) is 9.88 Å². The van der Waals surface area contributed by atoms with E-state index in [1.165, 1.54) is 12.1 Å². The van der Waals surface area contributed by atoms with Crippen molar-refractivity contribution in [1.29, 1.82) is 0 Å². The van der Waals surface area contributed by atoms with E-state index in [4.69, 9.17) is 4.52 Å². The van der Waals surface area contributed by atoms with Crippen molar-refractivity contribution in [2.45, 2.75) is 31.7 Å². The zero-order valence-corrected chi connectivity index (χ0v) is 21.8. The third-order valence-corrected chi connectivity index (χ3v) is 7.45. The van der Waals surface area contributed by atoms with E-state index in [1.807, 2.05) is 30.3 Å². The molecule has 0 fully saturated rings. The molecule has 3 aromatic carbocycles. The van der Waals surface area contributed by atoms with Gasteiger partial charge in [-0.25, -0.2) is 8.42 Å². The molecule has 0 bridgehead atoms. The van der Waals surface area contributed by atoms with Gasteiger partial charge in [0.05, 0.1) is 4.90 Å². The Labute approximate surface area is 220 Å². The molecule has 0 spiro atoms. The van der Waals surface area contributed by atoms with Crippen LogP contribution in [0.15, 0.2) is 88.3 Å². The summed E-state index contributed by atoms with van der Waals surface area (Å²) in [5, 5.41) is 16.2. The van der Waals surface area contributed by atoms with Crippen LogP contribution in [0.25, 0.3) is 22.4 Å². The number of nitrogens with zero attached hydrogens (tertiary/aromatic N) is 1. The smallest absolute Gasteiger partial charge is 0.322 e. The Morgan fingerprint density at radius 1 is 0.868 bits per heavy atom. The van der Waals surface area contributed by atoms with Crippen LogP contribution in [0.2, 0.25) is 0 Å². The van der Waals surface area contributed by atoms with E-state index in [9.17, 15) is 23.1 Å². The first kappa shape index (κ1) is 26.8. The van der Waals surface area contributed by atoms with Crippen molar-refractivity contribution < 1.29 is 27.6 Å². The summed E-state index contributed by atoms with van der Waals surface area (Å²) in [5.74, 6) is -1.59. The predicted octanol–water partition coefficient (Wildman–Crippen LogP) is 4.96. The second-order valence-corrected chi connectivity index (χ2v) is 10.8. The molecule has 0 aliphatic heterocycles. The number of carbonyl (C=O) groups excluding carboxylic acids is 1. The minimum Gasteiger partial charge on any atom is -0.480 e. The summed E-state index contributed by atoms with van der Waals surface area (Å²) in [4.78, 5) is 24.4. The number of aromatic nitrogens is 1. The van der Waals surface area contributed by atoms with E-state index < -0.39 is 28.0 Å². The molecule has 1 heterocycles. The Morgan fingerprint density at radius 3 is 2.00 bits per heavy atom. The van der Waals surface area contributed by atoms with Crippen LogP contribution in [0, 0.1) is 12.8 Å². The summed E-state index contributed by atoms with van der Waals surface area (Å²) < 4.78 is 32.8. The maximum atomic E-state index is 13.0. The van der Waals surface area contributed by atoms with Crippen LogP contribution in [0.1, 0.15) is 30.0 Å². The Balaban J connectivity index is 1.48. The molecule has 9 nitrogen and oxygen atoms in total. The van der Waals surface area contributed by atoms with Gasteiger partial charge in [-0.15, -0.1) is 0 Å². The van der Waals surface area contributed by atoms with Crippen LogP contribution in [0.3, 0.4) is 0 Å². The van der Waals surface area contributed by atoms with Crippen molar-refractivity contribution in [2.75, 3.05) is 5.32 Å². The third kappa shape index (κ3) is 5.82. The molecule has 0 saturated heterocycles. The molecular weight excluding hydrogens is 506 g/mol. The van der Waals surface area contributed by atoms with Crippen LogP contribution < -0.4 is 10.0 Å². The standard InChI is InChI=1S/C28H27N3O6S/c1-17(2)25(28(33)34)31-38(35,36)23-15-11-20(12-16-23)19-9-13-22(14-10-19)29-27(32)24-18(3)37-30-26(24)21-7-5-4-6-8-21/h4-17,25,31H,1-3H3,(H,29,32)(H,33,34)/t25-/m0/s1. The van der Waals surface area contributed by atoms with E-state index in [0.717, 1.165) is 16.7 Å². The van der Waals surface area contributed by atoms with Gasteiger partial charge >= 0.3 is 5.97 Å². The quantitative estimate of drug-likeness (QED) is 0.276. The average molecular weight is 534 g/mol.